The summed E-state index contributed by atoms with van der Waals surface area (Å²) < 4.78 is 21.9. The predicted molar refractivity (Wildman–Crippen MR) is 133 cm³/mol. The van der Waals surface area contributed by atoms with Gasteiger partial charge < -0.3 is 18.6 Å². The maximum absolute atomic E-state index is 12.7. The van der Waals surface area contributed by atoms with Crippen molar-refractivity contribution >= 4 is 22.3 Å². The molecule has 5 rings (SSSR count). The lowest BCUT2D eigenvalue weighted by Gasteiger charge is -2.08. The summed E-state index contributed by atoms with van der Waals surface area (Å²) in [7, 11) is 3.26. The summed E-state index contributed by atoms with van der Waals surface area (Å²) in [6, 6.07) is 22.6. The highest BCUT2D eigenvalue weighted by molar-refractivity contribution is 7.13. The van der Waals surface area contributed by atoms with Crippen LogP contribution in [0, 0.1) is 0 Å². The maximum Gasteiger partial charge on any atom is 0.345 e. The van der Waals surface area contributed by atoms with E-state index in [1.807, 2.05) is 66.0 Å². The first-order valence-electron chi connectivity index (χ1n) is 10.6. The lowest BCUT2D eigenvalue weighted by atomic mass is 10.1. The van der Waals surface area contributed by atoms with Gasteiger partial charge in [0.25, 0.3) is 0 Å². The lowest BCUT2D eigenvalue weighted by molar-refractivity contribution is 0.306. The monoisotopic (exact) mass is 471 g/mol. The van der Waals surface area contributed by atoms with E-state index in [4.69, 9.17) is 18.6 Å². The van der Waals surface area contributed by atoms with Crippen LogP contribution in [0.4, 0.5) is 0 Å². The molecule has 0 saturated carbocycles. The molecular formula is C27H21NO5S. The van der Waals surface area contributed by atoms with Gasteiger partial charge in [-0.15, -0.1) is 11.3 Å². The van der Waals surface area contributed by atoms with Crippen LogP contribution in [0.3, 0.4) is 0 Å². The van der Waals surface area contributed by atoms with Crippen LogP contribution in [0.1, 0.15) is 5.56 Å². The Bertz CT molecular complexity index is 1490. The fourth-order valence-electron chi connectivity index (χ4n) is 3.51. The van der Waals surface area contributed by atoms with E-state index in [0.717, 1.165) is 33.0 Å². The van der Waals surface area contributed by atoms with E-state index in [1.54, 1.807) is 26.4 Å². The highest BCUT2D eigenvalue weighted by atomic mass is 32.1. The van der Waals surface area contributed by atoms with Crippen LogP contribution in [-0.4, -0.2) is 19.2 Å². The second-order valence-electron chi connectivity index (χ2n) is 7.55. The standard InChI is InChI=1S/C27H21NO5S/c1-30-20-8-3-17(4-9-20)15-32-22-12-7-19-13-23(27(29)33-25(19)14-22)24-16-34-26(28-24)18-5-10-21(31-2)11-6-18/h3-14,16H,15H2,1-2H3. The first-order valence-corrected chi connectivity index (χ1v) is 11.4. The summed E-state index contributed by atoms with van der Waals surface area (Å²) in [5.74, 6) is 2.20. The third-order valence-corrected chi connectivity index (χ3v) is 6.28. The van der Waals surface area contributed by atoms with Crippen molar-refractivity contribution in [3.8, 4) is 39.1 Å². The van der Waals surface area contributed by atoms with Crippen LogP contribution < -0.4 is 19.8 Å². The Kier molecular flexibility index (Phi) is 6.01. The predicted octanol–water partition coefficient (Wildman–Crippen LogP) is 6.18. The molecule has 0 aliphatic rings. The number of nitrogens with zero attached hydrogens (tertiary/aromatic N) is 1. The molecular weight excluding hydrogens is 450 g/mol. The highest BCUT2D eigenvalue weighted by Gasteiger charge is 2.13. The summed E-state index contributed by atoms with van der Waals surface area (Å²) in [6.45, 7) is 0.394. The molecule has 0 atom stereocenters. The Morgan fingerprint density at radius 1 is 0.853 bits per heavy atom. The van der Waals surface area contributed by atoms with Gasteiger partial charge in [0, 0.05) is 22.4 Å². The topological polar surface area (TPSA) is 70.8 Å². The van der Waals surface area contributed by atoms with E-state index in [-0.39, 0.29) is 0 Å². The van der Waals surface area contributed by atoms with Gasteiger partial charge in [-0.1, -0.05) is 12.1 Å². The lowest BCUT2D eigenvalue weighted by Crippen LogP contribution is -2.03. The molecule has 34 heavy (non-hydrogen) atoms. The number of benzene rings is 3. The van der Waals surface area contributed by atoms with Crippen LogP contribution in [0.25, 0.3) is 32.8 Å². The molecule has 0 spiro atoms. The molecule has 0 aliphatic carbocycles. The van der Waals surface area contributed by atoms with Crippen molar-refractivity contribution in [1.82, 2.24) is 4.98 Å². The first kappa shape index (κ1) is 21.7. The van der Waals surface area contributed by atoms with Gasteiger partial charge in [0.2, 0.25) is 0 Å². The zero-order chi connectivity index (χ0) is 23.5. The van der Waals surface area contributed by atoms with E-state index in [2.05, 4.69) is 4.98 Å². The number of hydrogen-bond donors (Lipinski definition) is 0. The number of methoxy groups -OCH3 is 2. The summed E-state index contributed by atoms with van der Waals surface area (Å²) in [6.07, 6.45) is 0. The number of ether oxygens (including phenoxy) is 3. The van der Waals surface area contributed by atoms with Crippen LogP contribution in [0.15, 0.2) is 87.4 Å². The molecule has 0 amide bonds. The van der Waals surface area contributed by atoms with Gasteiger partial charge in [-0.2, -0.15) is 0 Å². The van der Waals surface area contributed by atoms with E-state index in [1.165, 1.54) is 11.3 Å². The van der Waals surface area contributed by atoms with Crippen molar-refractivity contribution in [1.29, 1.82) is 0 Å². The Labute approximate surface area is 200 Å². The normalized spacial score (nSPS) is 10.9. The zero-order valence-corrected chi connectivity index (χ0v) is 19.4. The smallest absolute Gasteiger partial charge is 0.345 e. The van der Waals surface area contributed by atoms with Crippen LogP contribution in [-0.2, 0) is 6.61 Å². The van der Waals surface area contributed by atoms with E-state index in [9.17, 15) is 4.79 Å². The van der Waals surface area contributed by atoms with Crippen molar-refractivity contribution in [2.45, 2.75) is 6.61 Å². The highest BCUT2D eigenvalue weighted by Crippen LogP contribution is 2.30. The van der Waals surface area contributed by atoms with Crippen LogP contribution >= 0.6 is 11.3 Å². The van der Waals surface area contributed by atoms with Crippen molar-refractivity contribution < 1.29 is 18.6 Å². The molecule has 5 aromatic rings. The Morgan fingerprint density at radius 2 is 1.53 bits per heavy atom. The van der Waals surface area contributed by atoms with Gasteiger partial charge >= 0.3 is 5.63 Å². The number of fused-ring (bicyclic) bond motifs is 1. The summed E-state index contributed by atoms with van der Waals surface area (Å²) in [5, 5.41) is 3.48. The van der Waals surface area contributed by atoms with Crippen molar-refractivity contribution in [2.24, 2.45) is 0 Å². The fraction of sp³-hybridized carbons (Fsp3) is 0.111. The molecule has 7 heteroatoms. The molecule has 2 aromatic heterocycles. The maximum atomic E-state index is 12.7. The summed E-state index contributed by atoms with van der Waals surface area (Å²) in [4.78, 5) is 17.4. The quantitative estimate of drug-likeness (QED) is 0.264. The van der Waals surface area contributed by atoms with Crippen molar-refractivity contribution in [3.63, 3.8) is 0 Å². The van der Waals surface area contributed by atoms with E-state index in [0.29, 0.717) is 29.2 Å². The molecule has 0 saturated heterocycles. The molecule has 3 aromatic carbocycles. The SMILES string of the molecule is COc1ccc(COc2ccc3cc(-c4csc(-c5ccc(OC)cc5)n4)c(=O)oc3c2)cc1. The van der Waals surface area contributed by atoms with Gasteiger partial charge in [-0.25, -0.2) is 9.78 Å². The molecule has 170 valence electrons. The molecule has 0 radical (unpaired) electrons. The van der Waals surface area contributed by atoms with Crippen LogP contribution in [0.2, 0.25) is 0 Å². The van der Waals surface area contributed by atoms with Crippen molar-refractivity contribution in [2.75, 3.05) is 14.2 Å². The number of aromatic nitrogens is 1. The summed E-state index contributed by atoms with van der Waals surface area (Å²) in [5.41, 5.74) is 3.01. The summed E-state index contributed by atoms with van der Waals surface area (Å²) >= 11 is 1.47. The Morgan fingerprint density at radius 3 is 2.24 bits per heavy atom. The van der Waals surface area contributed by atoms with E-state index >= 15 is 0 Å². The van der Waals surface area contributed by atoms with Gasteiger partial charge in [0.05, 0.1) is 25.5 Å². The molecule has 0 N–H and O–H groups in total. The molecule has 0 bridgehead atoms. The van der Waals surface area contributed by atoms with Gasteiger partial charge in [0.1, 0.15) is 34.4 Å². The zero-order valence-electron chi connectivity index (χ0n) is 18.6. The minimum Gasteiger partial charge on any atom is -0.497 e. The largest absolute Gasteiger partial charge is 0.497 e. The van der Waals surface area contributed by atoms with Crippen LogP contribution in [0.5, 0.6) is 17.2 Å². The third kappa shape index (κ3) is 4.51. The molecule has 6 nitrogen and oxygen atoms in total. The molecule has 0 unspecified atom stereocenters. The average Bonchev–Trinajstić information content (AvgIpc) is 3.37. The second-order valence-corrected chi connectivity index (χ2v) is 8.41. The van der Waals surface area contributed by atoms with Gasteiger partial charge in [0.15, 0.2) is 0 Å². The van der Waals surface area contributed by atoms with Gasteiger partial charge in [-0.05, 0) is 60.2 Å². The molecule has 0 fully saturated rings. The first-order chi connectivity index (χ1) is 16.6. The Hall–Kier alpha value is -4.10. The minimum absolute atomic E-state index is 0.394. The minimum atomic E-state index is -0.439. The van der Waals surface area contributed by atoms with Crippen molar-refractivity contribution in [3.05, 3.63) is 94.2 Å². The fourth-order valence-corrected chi connectivity index (χ4v) is 4.34. The third-order valence-electron chi connectivity index (χ3n) is 5.39. The number of hydrogen-bond acceptors (Lipinski definition) is 7. The number of thiazole rings is 1. The average molecular weight is 472 g/mol. The van der Waals surface area contributed by atoms with Gasteiger partial charge in [-0.3, -0.25) is 0 Å². The Balaban J connectivity index is 1.37. The number of rotatable bonds is 7. The van der Waals surface area contributed by atoms with E-state index < -0.39 is 5.63 Å². The molecule has 2 heterocycles. The molecule has 0 aliphatic heterocycles. The second kappa shape index (κ2) is 9.41.